The van der Waals surface area contributed by atoms with E-state index in [2.05, 4.69) is 10.3 Å². The molecule has 0 radical (unpaired) electrons. The van der Waals surface area contributed by atoms with Crippen molar-refractivity contribution in [1.29, 1.82) is 0 Å². The van der Waals surface area contributed by atoms with Crippen LogP contribution in [-0.4, -0.2) is 43.0 Å². The molecular weight excluding hydrogens is 376 g/mol. The number of hydrogen-bond acceptors (Lipinski definition) is 6. The van der Waals surface area contributed by atoms with Crippen LogP contribution in [0.3, 0.4) is 0 Å². The average molecular weight is 403 g/mol. The summed E-state index contributed by atoms with van der Waals surface area (Å²) in [6, 6.07) is 9.66. The highest BCUT2D eigenvalue weighted by Crippen LogP contribution is 2.38. The van der Waals surface area contributed by atoms with E-state index >= 15 is 0 Å². The summed E-state index contributed by atoms with van der Waals surface area (Å²) >= 11 is 1.52. The molecule has 1 amide bonds. The van der Waals surface area contributed by atoms with E-state index in [1.54, 1.807) is 26.6 Å². The third-order valence-corrected chi connectivity index (χ3v) is 5.73. The van der Waals surface area contributed by atoms with Gasteiger partial charge in [-0.3, -0.25) is 9.78 Å². The van der Waals surface area contributed by atoms with Crippen molar-refractivity contribution < 1.29 is 19.0 Å². The van der Waals surface area contributed by atoms with Crippen molar-refractivity contribution in [3.05, 3.63) is 42.7 Å². The molecule has 0 bridgehead atoms. The Morgan fingerprint density at radius 1 is 1.07 bits per heavy atom. The largest absolute Gasteiger partial charge is 0.493 e. The molecule has 0 unspecified atom stereocenters. The zero-order chi connectivity index (χ0) is 19.8. The van der Waals surface area contributed by atoms with Gasteiger partial charge in [-0.1, -0.05) is 6.07 Å². The lowest BCUT2D eigenvalue weighted by atomic mass is 9.93. The maximum absolute atomic E-state index is 12.2. The van der Waals surface area contributed by atoms with Crippen LogP contribution in [0.5, 0.6) is 17.2 Å². The van der Waals surface area contributed by atoms with E-state index in [9.17, 15) is 4.79 Å². The fourth-order valence-electron chi connectivity index (χ4n) is 3.31. The van der Waals surface area contributed by atoms with Crippen molar-refractivity contribution in [2.24, 2.45) is 0 Å². The molecule has 1 aromatic carbocycles. The highest BCUT2D eigenvalue weighted by Gasteiger charge is 2.25. The minimum atomic E-state index is 0.0700. The summed E-state index contributed by atoms with van der Waals surface area (Å²) in [5.74, 6) is 2.46. The second-order valence-corrected chi connectivity index (χ2v) is 7.67. The van der Waals surface area contributed by atoms with E-state index < -0.39 is 0 Å². The van der Waals surface area contributed by atoms with Crippen molar-refractivity contribution in [3.63, 3.8) is 0 Å². The molecule has 1 heterocycles. The molecule has 0 atom stereocenters. The van der Waals surface area contributed by atoms with Crippen molar-refractivity contribution >= 4 is 17.7 Å². The smallest absolute Gasteiger partial charge is 0.230 e. The standard InChI is InChI=1S/C21H26N2O4S/c1-25-18-4-3-5-19(21(18)26-2)27-16-8-6-15(7-9-16)23-20(24)14-28-17-10-12-22-13-11-17/h3-5,10-13,15-16H,6-9,14H2,1-2H3,(H,23,24). The molecule has 1 aliphatic carbocycles. The van der Waals surface area contributed by atoms with Gasteiger partial charge >= 0.3 is 0 Å². The molecule has 28 heavy (non-hydrogen) atoms. The molecule has 1 saturated carbocycles. The number of benzene rings is 1. The van der Waals surface area contributed by atoms with Gasteiger partial charge in [-0.25, -0.2) is 0 Å². The van der Waals surface area contributed by atoms with E-state index in [0.29, 0.717) is 23.0 Å². The Bertz CT molecular complexity index is 764. The molecule has 7 heteroatoms. The Morgan fingerprint density at radius 3 is 2.46 bits per heavy atom. The van der Waals surface area contributed by atoms with Gasteiger partial charge < -0.3 is 19.5 Å². The van der Waals surface area contributed by atoms with Gasteiger partial charge in [0.25, 0.3) is 0 Å². The fourth-order valence-corrected chi connectivity index (χ4v) is 4.00. The number of methoxy groups -OCH3 is 2. The topological polar surface area (TPSA) is 69.7 Å². The second-order valence-electron chi connectivity index (χ2n) is 6.62. The van der Waals surface area contributed by atoms with Crippen LogP contribution in [0, 0.1) is 0 Å². The highest BCUT2D eigenvalue weighted by atomic mass is 32.2. The number of ether oxygens (including phenoxy) is 3. The average Bonchev–Trinajstić information content (AvgIpc) is 2.74. The Balaban J connectivity index is 1.44. The number of rotatable bonds is 8. The molecule has 1 N–H and O–H groups in total. The molecule has 1 aromatic heterocycles. The van der Waals surface area contributed by atoms with Gasteiger partial charge in [0.05, 0.1) is 26.1 Å². The van der Waals surface area contributed by atoms with Crippen molar-refractivity contribution in [2.75, 3.05) is 20.0 Å². The predicted octanol–water partition coefficient (Wildman–Crippen LogP) is 3.70. The van der Waals surface area contributed by atoms with Crippen LogP contribution in [-0.2, 0) is 4.79 Å². The first kappa shape index (κ1) is 20.3. The molecule has 3 rings (SSSR count). The van der Waals surface area contributed by atoms with Crippen LogP contribution in [0.1, 0.15) is 25.7 Å². The molecule has 2 aromatic rings. The van der Waals surface area contributed by atoms with Crippen molar-refractivity contribution in [3.8, 4) is 17.2 Å². The number of nitrogens with one attached hydrogen (secondary N) is 1. The lowest BCUT2D eigenvalue weighted by Crippen LogP contribution is -2.40. The minimum Gasteiger partial charge on any atom is -0.493 e. The Labute approximate surface area is 170 Å². The summed E-state index contributed by atoms with van der Waals surface area (Å²) in [5.41, 5.74) is 0. The first-order valence-electron chi connectivity index (χ1n) is 9.39. The molecule has 0 saturated heterocycles. The lowest BCUT2D eigenvalue weighted by molar-refractivity contribution is -0.119. The fraction of sp³-hybridized carbons (Fsp3) is 0.429. The van der Waals surface area contributed by atoms with Gasteiger partial charge in [-0.15, -0.1) is 11.8 Å². The minimum absolute atomic E-state index is 0.0700. The zero-order valence-corrected chi connectivity index (χ0v) is 17.0. The molecular formula is C21H26N2O4S. The normalized spacial score (nSPS) is 18.9. The first-order chi connectivity index (χ1) is 13.7. The number of pyridine rings is 1. The van der Waals surface area contributed by atoms with E-state index in [-0.39, 0.29) is 18.1 Å². The van der Waals surface area contributed by atoms with Crippen molar-refractivity contribution in [2.45, 2.75) is 42.7 Å². The Morgan fingerprint density at radius 2 is 1.79 bits per heavy atom. The predicted molar refractivity (Wildman–Crippen MR) is 109 cm³/mol. The molecule has 150 valence electrons. The number of carbonyl (C=O) groups is 1. The van der Waals surface area contributed by atoms with Crippen LogP contribution in [0.2, 0.25) is 0 Å². The quantitative estimate of drug-likeness (QED) is 0.679. The van der Waals surface area contributed by atoms with Gasteiger partial charge in [0.1, 0.15) is 0 Å². The van der Waals surface area contributed by atoms with E-state index in [1.165, 1.54) is 11.8 Å². The number of para-hydroxylation sites is 1. The summed E-state index contributed by atoms with van der Waals surface area (Å²) in [5, 5.41) is 3.14. The van der Waals surface area contributed by atoms with Crippen LogP contribution in [0.25, 0.3) is 0 Å². The summed E-state index contributed by atoms with van der Waals surface area (Å²) in [7, 11) is 3.23. The number of amides is 1. The van der Waals surface area contributed by atoms with Crippen LogP contribution < -0.4 is 19.5 Å². The monoisotopic (exact) mass is 402 g/mol. The molecule has 6 nitrogen and oxygen atoms in total. The molecule has 1 aliphatic rings. The summed E-state index contributed by atoms with van der Waals surface area (Å²) in [6.07, 6.45) is 7.18. The second kappa shape index (κ2) is 10.2. The van der Waals surface area contributed by atoms with E-state index in [1.807, 2.05) is 30.3 Å². The SMILES string of the molecule is COc1cccc(OC2CCC(NC(=O)CSc3ccncc3)CC2)c1OC. The van der Waals surface area contributed by atoms with E-state index in [0.717, 1.165) is 30.6 Å². The third-order valence-electron chi connectivity index (χ3n) is 4.72. The van der Waals surface area contributed by atoms with E-state index in [4.69, 9.17) is 14.2 Å². The van der Waals surface area contributed by atoms with Crippen LogP contribution in [0.4, 0.5) is 0 Å². The van der Waals surface area contributed by atoms with Crippen LogP contribution in [0.15, 0.2) is 47.6 Å². The third kappa shape index (κ3) is 5.55. The van der Waals surface area contributed by atoms with Gasteiger partial charge in [0, 0.05) is 23.3 Å². The van der Waals surface area contributed by atoms with Gasteiger partial charge in [-0.2, -0.15) is 0 Å². The summed E-state index contributed by atoms with van der Waals surface area (Å²) < 4.78 is 16.9. The number of carbonyl (C=O) groups excluding carboxylic acids is 1. The first-order valence-corrected chi connectivity index (χ1v) is 10.4. The Hall–Kier alpha value is -2.41. The van der Waals surface area contributed by atoms with Crippen molar-refractivity contribution in [1.82, 2.24) is 10.3 Å². The number of hydrogen-bond donors (Lipinski definition) is 1. The molecule has 0 aliphatic heterocycles. The molecule has 0 spiro atoms. The maximum atomic E-state index is 12.2. The number of thioether (sulfide) groups is 1. The number of aromatic nitrogens is 1. The number of nitrogens with zero attached hydrogens (tertiary/aromatic N) is 1. The van der Waals surface area contributed by atoms with Gasteiger partial charge in [0.15, 0.2) is 11.5 Å². The lowest BCUT2D eigenvalue weighted by Gasteiger charge is -2.30. The summed E-state index contributed by atoms with van der Waals surface area (Å²) in [4.78, 5) is 17.2. The highest BCUT2D eigenvalue weighted by molar-refractivity contribution is 8.00. The van der Waals surface area contributed by atoms with Gasteiger partial charge in [-0.05, 0) is 49.9 Å². The summed E-state index contributed by atoms with van der Waals surface area (Å²) in [6.45, 7) is 0. The van der Waals surface area contributed by atoms with Crippen LogP contribution >= 0.6 is 11.8 Å². The molecule has 1 fully saturated rings. The zero-order valence-electron chi connectivity index (χ0n) is 16.2. The Kier molecular flexibility index (Phi) is 7.42. The maximum Gasteiger partial charge on any atom is 0.230 e. The van der Waals surface area contributed by atoms with Gasteiger partial charge in [0.2, 0.25) is 11.7 Å².